The van der Waals surface area contributed by atoms with E-state index in [9.17, 15) is 0 Å². The highest BCUT2D eigenvalue weighted by molar-refractivity contribution is 4.66. The van der Waals surface area contributed by atoms with E-state index in [1.807, 2.05) is 0 Å². The summed E-state index contributed by atoms with van der Waals surface area (Å²) >= 11 is 0. The van der Waals surface area contributed by atoms with Gasteiger partial charge in [0.05, 0.1) is 6.10 Å². The Morgan fingerprint density at radius 3 is 2.69 bits per heavy atom. The Balaban J connectivity index is 1.91. The molecular weight excluding hydrogens is 198 g/mol. The molecule has 0 aromatic heterocycles. The van der Waals surface area contributed by atoms with Gasteiger partial charge >= 0.3 is 0 Å². The largest absolute Gasteiger partial charge is 0.378 e. The average molecular weight is 227 g/mol. The Morgan fingerprint density at radius 2 is 2.06 bits per heavy atom. The summed E-state index contributed by atoms with van der Waals surface area (Å²) in [4.78, 5) is 0. The zero-order chi connectivity index (χ0) is 11.8. The van der Waals surface area contributed by atoms with Crippen molar-refractivity contribution in [1.82, 2.24) is 5.32 Å². The van der Waals surface area contributed by atoms with E-state index in [0.29, 0.717) is 12.1 Å². The fraction of sp³-hybridized carbons (Fsp3) is 1.00. The molecule has 0 aromatic rings. The molecule has 96 valence electrons. The standard InChI is InChI=1S/C14H29NO/c1-12(2)15-10-9-13(3)6-4-7-14-8-5-11-16-14/h12-15H,4-11H2,1-3H3. The van der Waals surface area contributed by atoms with Gasteiger partial charge in [0.15, 0.2) is 0 Å². The van der Waals surface area contributed by atoms with Gasteiger partial charge in [0.1, 0.15) is 0 Å². The first-order valence-electron chi connectivity index (χ1n) is 7.03. The van der Waals surface area contributed by atoms with Crippen LogP contribution in [-0.2, 0) is 4.74 Å². The summed E-state index contributed by atoms with van der Waals surface area (Å²) in [6.45, 7) is 8.96. The molecule has 0 amide bonds. The number of ether oxygens (including phenoxy) is 1. The topological polar surface area (TPSA) is 21.3 Å². The second kappa shape index (κ2) is 8.08. The van der Waals surface area contributed by atoms with E-state index in [0.717, 1.165) is 12.5 Å². The normalized spacial score (nSPS) is 22.9. The SMILES string of the molecule is CC(CCCC1CCCO1)CCNC(C)C. The van der Waals surface area contributed by atoms with Crippen LogP contribution < -0.4 is 5.32 Å². The van der Waals surface area contributed by atoms with Crippen LogP contribution in [0.15, 0.2) is 0 Å². The van der Waals surface area contributed by atoms with Crippen molar-refractivity contribution in [3.63, 3.8) is 0 Å². The van der Waals surface area contributed by atoms with Gasteiger partial charge in [-0.15, -0.1) is 0 Å². The summed E-state index contributed by atoms with van der Waals surface area (Å²) < 4.78 is 5.64. The number of nitrogens with one attached hydrogen (secondary N) is 1. The molecule has 0 aliphatic carbocycles. The molecule has 1 rings (SSSR count). The van der Waals surface area contributed by atoms with E-state index >= 15 is 0 Å². The van der Waals surface area contributed by atoms with Crippen molar-refractivity contribution in [2.24, 2.45) is 5.92 Å². The second-order valence-electron chi connectivity index (χ2n) is 5.57. The highest BCUT2D eigenvalue weighted by Crippen LogP contribution is 2.20. The van der Waals surface area contributed by atoms with Gasteiger partial charge in [-0.2, -0.15) is 0 Å². The van der Waals surface area contributed by atoms with Gasteiger partial charge in [-0.3, -0.25) is 0 Å². The first-order valence-corrected chi connectivity index (χ1v) is 7.03. The van der Waals surface area contributed by atoms with Crippen molar-refractivity contribution < 1.29 is 4.74 Å². The molecule has 0 bridgehead atoms. The fourth-order valence-electron chi connectivity index (χ4n) is 2.33. The summed E-state index contributed by atoms with van der Waals surface area (Å²) in [6, 6.07) is 0.624. The zero-order valence-corrected chi connectivity index (χ0v) is 11.3. The van der Waals surface area contributed by atoms with Gasteiger partial charge in [-0.25, -0.2) is 0 Å². The van der Waals surface area contributed by atoms with Crippen molar-refractivity contribution >= 4 is 0 Å². The Bertz CT molecular complexity index is 164. The Labute approximate surface area is 101 Å². The predicted molar refractivity (Wildman–Crippen MR) is 69.7 cm³/mol. The fourth-order valence-corrected chi connectivity index (χ4v) is 2.33. The zero-order valence-electron chi connectivity index (χ0n) is 11.3. The lowest BCUT2D eigenvalue weighted by molar-refractivity contribution is 0.101. The first kappa shape index (κ1) is 14.0. The predicted octanol–water partition coefficient (Wildman–Crippen LogP) is 3.36. The van der Waals surface area contributed by atoms with E-state index in [-0.39, 0.29) is 0 Å². The van der Waals surface area contributed by atoms with Crippen LogP contribution in [0.2, 0.25) is 0 Å². The monoisotopic (exact) mass is 227 g/mol. The van der Waals surface area contributed by atoms with Crippen molar-refractivity contribution in [1.29, 1.82) is 0 Å². The molecule has 1 aliphatic heterocycles. The molecule has 2 atom stereocenters. The Kier molecular flexibility index (Phi) is 7.06. The van der Waals surface area contributed by atoms with Gasteiger partial charge in [-0.1, -0.05) is 33.6 Å². The quantitative estimate of drug-likeness (QED) is 0.686. The summed E-state index contributed by atoms with van der Waals surface area (Å²) in [7, 11) is 0. The van der Waals surface area contributed by atoms with Crippen molar-refractivity contribution in [2.75, 3.05) is 13.2 Å². The molecule has 0 spiro atoms. The van der Waals surface area contributed by atoms with Gasteiger partial charge < -0.3 is 10.1 Å². The molecule has 0 saturated carbocycles. The van der Waals surface area contributed by atoms with Crippen molar-refractivity contribution in [3.05, 3.63) is 0 Å². The van der Waals surface area contributed by atoms with E-state index in [1.165, 1.54) is 45.1 Å². The lowest BCUT2D eigenvalue weighted by Crippen LogP contribution is -2.24. The Hall–Kier alpha value is -0.0800. The van der Waals surface area contributed by atoms with Crippen molar-refractivity contribution in [2.45, 2.75) is 71.4 Å². The number of hydrogen-bond acceptors (Lipinski definition) is 2. The van der Waals surface area contributed by atoms with Gasteiger partial charge in [0.2, 0.25) is 0 Å². The third kappa shape index (κ3) is 6.49. The molecule has 0 aromatic carbocycles. The van der Waals surface area contributed by atoms with Crippen LogP contribution in [-0.4, -0.2) is 25.3 Å². The maximum Gasteiger partial charge on any atom is 0.0576 e. The molecule has 2 heteroatoms. The maximum absolute atomic E-state index is 5.64. The third-order valence-corrected chi connectivity index (χ3v) is 3.44. The Morgan fingerprint density at radius 1 is 1.25 bits per heavy atom. The van der Waals surface area contributed by atoms with Crippen LogP contribution >= 0.6 is 0 Å². The molecule has 2 unspecified atom stereocenters. The van der Waals surface area contributed by atoms with Crippen LogP contribution in [0.25, 0.3) is 0 Å². The summed E-state index contributed by atoms with van der Waals surface area (Å²) in [5, 5.41) is 3.48. The van der Waals surface area contributed by atoms with Gasteiger partial charge in [0.25, 0.3) is 0 Å². The van der Waals surface area contributed by atoms with Crippen LogP contribution in [0, 0.1) is 5.92 Å². The third-order valence-electron chi connectivity index (χ3n) is 3.44. The van der Waals surface area contributed by atoms with Crippen LogP contribution in [0.5, 0.6) is 0 Å². The van der Waals surface area contributed by atoms with E-state index in [4.69, 9.17) is 4.74 Å². The number of hydrogen-bond donors (Lipinski definition) is 1. The summed E-state index contributed by atoms with van der Waals surface area (Å²) in [5.41, 5.74) is 0. The number of rotatable bonds is 8. The molecule has 1 saturated heterocycles. The second-order valence-corrected chi connectivity index (χ2v) is 5.57. The highest BCUT2D eigenvalue weighted by atomic mass is 16.5. The van der Waals surface area contributed by atoms with E-state index < -0.39 is 0 Å². The molecule has 1 aliphatic rings. The van der Waals surface area contributed by atoms with Crippen LogP contribution in [0.1, 0.15) is 59.3 Å². The lowest BCUT2D eigenvalue weighted by atomic mass is 9.98. The summed E-state index contributed by atoms with van der Waals surface area (Å²) in [6.07, 6.45) is 8.45. The van der Waals surface area contributed by atoms with Gasteiger partial charge in [-0.05, 0) is 38.1 Å². The molecule has 1 heterocycles. The van der Waals surface area contributed by atoms with E-state index in [2.05, 4.69) is 26.1 Å². The average Bonchev–Trinajstić information content (AvgIpc) is 2.70. The molecule has 2 nitrogen and oxygen atoms in total. The minimum absolute atomic E-state index is 0.584. The van der Waals surface area contributed by atoms with E-state index in [1.54, 1.807) is 0 Å². The molecule has 1 fully saturated rings. The molecule has 0 radical (unpaired) electrons. The van der Waals surface area contributed by atoms with Crippen LogP contribution in [0.4, 0.5) is 0 Å². The first-order chi connectivity index (χ1) is 7.68. The van der Waals surface area contributed by atoms with Crippen LogP contribution in [0.3, 0.4) is 0 Å². The lowest BCUT2D eigenvalue weighted by Gasteiger charge is -2.15. The summed E-state index contributed by atoms with van der Waals surface area (Å²) in [5.74, 6) is 0.854. The molecular formula is C14H29NO. The highest BCUT2D eigenvalue weighted by Gasteiger charge is 2.15. The minimum atomic E-state index is 0.584. The van der Waals surface area contributed by atoms with Crippen molar-refractivity contribution in [3.8, 4) is 0 Å². The maximum atomic E-state index is 5.64. The molecule has 16 heavy (non-hydrogen) atoms. The minimum Gasteiger partial charge on any atom is -0.378 e. The van der Waals surface area contributed by atoms with Gasteiger partial charge in [0, 0.05) is 12.6 Å². The smallest absolute Gasteiger partial charge is 0.0576 e. The molecule has 1 N–H and O–H groups in total.